The lowest BCUT2D eigenvalue weighted by Gasteiger charge is -2.40. The summed E-state index contributed by atoms with van der Waals surface area (Å²) in [7, 11) is 0. The molecule has 0 radical (unpaired) electrons. The first-order chi connectivity index (χ1) is 9.66. The van der Waals surface area contributed by atoms with Crippen molar-refractivity contribution in [3.63, 3.8) is 0 Å². The maximum Gasteiger partial charge on any atom is 0.168 e. The Morgan fingerprint density at radius 1 is 1.10 bits per heavy atom. The van der Waals surface area contributed by atoms with Crippen LogP contribution in [0.3, 0.4) is 0 Å². The third-order valence-electron chi connectivity index (χ3n) is 4.32. The van der Waals surface area contributed by atoms with Gasteiger partial charge in [-0.05, 0) is 37.5 Å². The Balaban J connectivity index is 1.79. The zero-order valence-corrected chi connectivity index (χ0v) is 11.8. The average Bonchev–Trinajstić information content (AvgIpc) is 2.92. The predicted octanol–water partition coefficient (Wildman–Crippen LogP) is 2.56. The molecule has 3 nitrogen and oxygen atoms in total. The van der Waals surface area contributed by atoms with Gasteiger partial charge in [0.05, 0.1) is 18.8 Å². The van der Waals surface area contributed by atoms with E-state index in [1.165, 1.54) is 0 Å². The lowest BCUT2D eigenvalue weighted by molar-refractivity contribution is -0.204. The summed E-state index contributed by atoms with van der Waals surface area (Å²) in [4.78, 5) is 0. The highest BCUT2D eigenvalue weighted by atomic mass is 16.7. The molecular weight excluding hydrogens is 252 g/mol. The first-order valence-electron chi connectivity index (χ1n) is 7.19. The SMILES string of the molecule is CC#Cc1cccc(C2(O)CCC3(CC2)OCCO3)c1. The predicted molar refractivity (Wildman–Crippen MR) is 76.0 cm³/mol. The summed E-state index contributed by atoms with van der Waals surface area (Å²) in [5.41, 5.74) is 1.11. The van der Waals surface area contributed by atoms with E-state index in [9.17, 15) is 5.11 Å². The van der Waals surface area contributed by atoms with Gasteiger partial charge >= 0.3 is 0 Å². The molecular formula is C17H20O3. The summed E-state index contributed by atoms with van der Waals surface area (Å²) >= 11 is 0. The van der Waals surface area contributed by atoms with E-state index in [1.54, 1.807) is 0 Å². The van der Waals surface area contributed by atoms with Gasteiger partial charge in [0.15, 0.2) is 5.79 Å². The van der Waals surface area contributed by atoms with Crippen molar-refractivity contribution in [1.29, 1.82) is 0 Å². The summed E-state index contributed by atoms with van der Waals surface area (Å²) in [5, 5.41) is 10.9. The third kappa shape index (κ3) is 2.47. The van der Waals surface area contributed by atoms with Gasteiger partial charge < -0.3 is 14.6 Å². The Labute approximate surface area is 119 Å². The number of hydrogen-bond donors (Lipinski definition) is 1. The maximum atomic E-state index is 10.9. The van der Waals surface area contributed by atoms with Crippen LogP contribution in [0.4, 0.5) is 0 Å². The van der Waals surface area contributed by atoms with Gasteiger partial charge in [-0.2, -0.15) is 0 Å². The molecule has 2 fully saturated rings. The van der Waals surface area contributed by atoms with E-state index < -0.39 is 11.4 Å². The fourth-order valence-electron chi connectivity index (χ4n) is 3.15. The van der Waals surface area contributed by atoms with Crippen LogP contribution in [0.2, 0.25) is 0 Å². The van der Waals surface area contributed by atoms with Crippen molar-refractivity contribution in [3.05, 3.63) is 35.4 Å². The minimum Gasteiger partial charge on any atom is -0.385 e. The molecule has 2 aliphatic rings. The maximum absolute atomic E-state index is 10.9. The normalized spacial score (nSPS) is 23.3. The minimum atomic E-state index is -0.786. The zero-order valence-electron chi connectivity index (χ0n) is 11.8. The highest BCUT2D eigenvalue weighted by Gasteiger charge is 2.46. The number of hydrogen-bond acceptors (Lipinski definition) is 3. The van der Waals surface area contributed by atoms with E-state index in [1.807, 2.05) is 31.2 Å². The monoisotopic (exact) mass is 272 g/mol. The molecule has 20 heavy (non-hydrogen) atoms. The topological polar surface area (TPSA) is 38.7 Å². The van der Waals surface area contributed by atoms with E-state index in [0.717, 1.165) is 24.0 Å². The molecule has 106 valence electrons. The number of ether oxygens (including phenoxy) is 2. The van der Waals surface area contributed by atoms with Crippen LogP contribution in [-0.4, -0.2) is 24.1 Å². The fourth-order valence-corrected chi connectivity index (χ4v) is 3.15. The Bertz CT molecular complexity index is 537. The molecule has 3 rings (SSSR count). The molecule has 1 spiro atoms. The molecule has 1 heterocycles. The lowest BCUT2D eigenvalue weighted by atomic mass is 9.77. The Morgan fingerprint density at radius 2 is 1.80 bits per heavy atom. The van der Waals surface area contributed by atoms with Gasteiger partial charge in [0.25, 0.3) is 0 Å². The summed E-state index contributed by atoms with van der Waals surface area (Å²) in [5.74, 6) is 5.50. The van der Waals surface area contributed by atoms with Crippen molar-refractivity contribution in [2.75, 3.05) is 13.2 Å². The molecule has 0 amide bonds. The molecule has 1 aromatic carbocycles. The minimum absolute atomic E-state index is 0.437. The standard InChI is InChI=1S/C17H20O3/c1-2-4-14-5-3-6-15(13-14)16(18)7-9-17(10-8-16)19-11-12-20-17/h3,5-6,13,18H,7-12H2,1H3. The van der Waals surface area contributed by atoms with Crippen LogP contribution >= 0.6 is 0 Å². The van der Waals surface area contributed by atoms with Crippen molar-refractivity contribution in [1.82, 2.24) is 0 Å². The largest absolute Gasteiger partial charge is 0.385 e. The Hall–Kier alpha value is -1.34. The summed E-state index contributed by atoms with van der Waals surface area (Å²) in [6.07, 6.45) is 2.81. The van der Waals surface area contributed by atoms with Crippen molar-refractivity contribution < 1.29 is 14.6 Å². The average molecular weight is 272 g/mol. The van der Waals surface area contributed by atoms with Crippen molar-refractivity contribution >= 4 is 0 Å². The Morgan fingerprint density at radius 3 is 2.45 bits per heavy atom. The number of rotatable bonds is 1. The zero-order chi connectivity index (χ0) is 14.1. The smallest absolute Gasteiger partial charge is 0.168 e. The van der Waals surface area contributed by atoms with Gasteiger partial charge in [-0.1, -0.05) is 18.1 Å². The molecule has 1 saturated heterocycles. The number of aliphatic hydroxyl groups is 1. The molecule has 1 aliphatic heterocycles. The third-order valence-corrected chi connectivity index (χ3v) is 4.32. The first-order valence-corrected chi connectivity index (χ1v) is 7.19. The van der Waals surface area contributed by atoms with Gasteiger partial charge in [-0.15, -0.1) is 5.92 Å². The molecule has 1 N–H and O–H groups in total. The molecule has 0 unspecified atom stereocenters. The lowest BCUT2D eigenvalue weighted by Crippen LogP contribution is -2.42. The van der Waals surface area contributed by atoms with E-state index in [-0.39, 0.29) is 0 Å². The van der Waals surface area contributed by atoms with Gasteiger partial charge in [0.2, 0.25) is 0 Å². The molecule has 0 aromatic heterocycles. The molecule has 0 bridgehead atoms. The van der Waals surface area contributed by atoms with Gasteiger partial charge in [0.1, 0.15) is 0 Å². The van der Waals surface area contributed by atoms with Crippen LogP contribution in [0.5, 0.6) is 0 Å². The molecule has 0 atom stereocenters. The van der Waals surface area contributed by atoms with E-state index >= 15 is 0 Å². The van der Waals surface area contributed by atoms with Crippen LogP contribution in [0.1, 0.15) is 43.7 Å². The second kappa shape index (κ2) is 5.21. The van der Waals surface area contributed by atoms with Crippen LogP contribution in [-0.2, 0) is 15.1 Å². The van der Waals surface area contributed by atoms with Crippen molar-refractivity contribution in [2.24, 2.45) is 0 Å². The fraction of sp³-hybridized carbons (Fsp3) is 0.529. The summed E-state index contributed by atoms with van der Waals surface area (Å²) in [6.45, 7) is 3.15. The molecule has 3 heteroatoms. The summed E-state index contributed by atoms with van der Waals surface area (Å²) in [6, 6.07) is 7.90. The number of benzene rings is 1. The van der Waals surface area contributed by atoms with E-state index in [2.05, 4.69) is 11.8 Å². The molecule has 1 aromatic rings. The van der Waals surface area contributed by atoms with Crippen molar-refractivity contribution in [3.8, 4) is 11.8 Å². The van der Waals surface area contributed by atoms with Gasteiger partial charge in [-0.25, -0.2) is 0 Å². The highest BCUT2D eigenvalue weighted by Crippen LogP contribution is 2.44. The highest BCUT2D eigenvalue weighted by molar-refractivity contribution is 5.39. The Kier molecular flexibility index (Phi) is 3.55. The van der Waals surface area contributed by atoms with Gasteiger partial charge in [-0.3, -0.25) is 0 Å². The van der Waals surface area contributed by atoms with Crippen molar-refractivity contribution in [2.45, 2.75) is 44.0 Å². The van der Waals surface area contributed by atoms with Crippen LogP contribution in [0.15, 0.2) is 24.3 Å². The van der Waals surface area contributed by atoms with Crippen LogP contribution < -0.4 is 0 Å². The second-order valence-corrected chi connectivity index (χ2v) is 5.59. The molecule has 1 aliphatic carbocycles. The first kappa shape index (κ1) is 13.6. The van der Waals surface area contributed by atoms with Gasteiger partial charge in [0, 0.05) is 18.4 Å². The quantitative estimate of drug-likeness (QED) is 0.799. The van der Waals surface area contributed by atoms with Crippen LogP contribution in [0.25, 0.3) is 0 Å². The molecule has 1 saturated carbocycles. The second-order valence-electron chi connectivity index (χ2n) is 5.59. The van der Waals surface area contributed by atoms with Crippen LogP contribution in [0, 0.1) is 11.8 Å². The van der Waals surface area contributed by atoms with E-state index in [0.29, 0.717) is 26.1 Å². The van der Waals surface area contributed by atoms with E-state index in [4.69, 9.17) is 9.47 Å². The summed E-state index contributed by atoms with van der Waals surface area (Å²) < 4.78 is 11.4.